The first kappa shape index (κ1) is 15.8. The van der Waals surface area contributed by atoms with E-state index in [0.29, 0.717) is 5.41 Å². The number of fused-ring (bicyclic) bond motifs is 3. The molecule has 2 aromatic carbocycles. The molecule has 4 heteroatoms. The van der Waals surface area contributed by atoms with Gasteiger partial charge in [0.15, 0.2) is 0 Å². The summed E-state index contributed by atoms with van der Waals surface area (Å²) in [6.45, 7) is 3.92. The molecule has 132 valence electrons. The molecule has 2 saturated heterocycles. The van der Waals surface area contributed by atoms with Crippen molar-refractivity contribution in [3.8, 4) is 0 Å². The number of likely N-dealkylation sites (tertiary alicyclic amines) is 1. The molecular formula is C22H23N3O. The van der Waals surface area contributed by atoms with E-state index in [-0.39, 0.29) is 5.91 Å². The highest BCUT2D eigenvalue weighted by molar-refractivity contribution is 6.15. The molecule has 2 aliphatic rings. The molecule has 2 fully saturated rings. The number of benzene rings is 2. The molecule has 0 atom stereocenters. The Morgan fingerprint density at radius 3 is 2.65 bits per heavy atom. The summed E-state index contributed by atoms with van der Waals surface area (Å²) in [4.78, 5) is 19.9. The zero-order valence-corrected chi connectivity index (χ0v) is 14.9. The Hall–Kier alpha value is -2.46. The highest BCUT2D eigenvalue weighted by Gasteiger charge is 2.38. The number of amides is 1. The molecule has 3 heterocycles. The number of rotatable bonds is 1. The number of pyridine rings is 1. The molecule has 0 saturated carbocycles. The largest absolute Gasteiger partial charge is 0.339 e. The molecule has 0 bridgehead atoms. The summed E-state index contributed by atoms with van der Waals surface area (Å²) in [5.41, 5.74) is 1.97. The minimum atomic E-state index is 0.125. The summed E-state index contributed by atoms with van der Waals surface area (Å²) >= 11 is 0. The van der Waals surface area contributed by atoms with E-state index in [0.717, 1.165) is 66.3 Å². The highest BCUT2D eigenvalue weighted by atomic mass is 16.2. The fourth-order valence-electron chi connectivity index (χ4n) is 4.67. The van der Waals surface area contributed by atoms with Crippen molar-refractivity contribution in [3.63, 3.8) is 0 Å². The third kappa shape index (κ3) is 2.48. The lowest BCUT2D eigenvalue weighted by molar-refractivity contribution is 0.0609. The van der Waals surface area contributed by atoms with Gasteiger partial charge in [0.1, 0.15) is 0 Å². The minimum absolute atomic E-state index is 0.125. The van der Waals surface area contributed by atoms with Crippen LogP contribution in [0.3, 0.4) is 0 Å². The summed E-state index contributed by atoms with van der Waals surface area (Å²) in [5.74, 6) is 0.125. The maximum Gasteiger partial charge on any atom is 0.256 e. The number of carbonyl (C=O) groups excluding carboxylic acids is 1. The van der Waals surface area contributed by atoms with E-state index in [1.807, 2.05) is 29.2 Å². The molecule has 1 spiro atoms. The zero-order chi connectivity index (χ0) is 17.6. The normalized spacial score (nSPS) is 19.5. The van der Waals surface area contributed by atoms with E-state index in [1.54, 1.807) is 6.20 Å². The van der Waals surface area contributed by atoms with E-state index in [1.165, 1.54) is 6.42 Å². The van der Waals surface area contributed by atoms with Crippen molar-refractivity contribution in [3.05, 3.63) is 54.2 Å². The maximum absolute atomic E-state index is 13.3. The Bertz CT molecular complexity index is 981. The molecule has 0 unspecified atom stereocenters. The first-order chi connectivity index (χ1) is 12.8. The van der Waals surface area contributed by atoms with Crippen molar-refractivity contribution >= 4 is 27.6 Å². The van der Waals surface area contributed by atoms with E-state index >= 15 is 0 Å². The van der Waals surface area contributed by atoms with Crippen molar-refractivity contribution in [1.29, 1.82) is 0 Å². The van der Waals surface area contributed by atoms with E-state index in [4.69, 9.17) is 0 Å². The molecule has 2 aliphatic heterocycles. The Balaban J connectivity index is 1.53. The Kier molecular flexibility index (Phi) is 3.68. The number of hydrogen-bond donors (Lipinski definition) is 1. The van der Waals surface area contributed by atoms with Gasteiger partial charge in [0.25, 0.3) is 5.91 Å². The molecule has 3 aromatic rings. The van der Waals surface area contributed by atoms with Crippen LogP contribution in [0, 0.1) is 5.41 Å². The molecule has 0 aliphatic carbocycles. The standard InChI is InChI=1S/C22H23N3O/c26-21(25-12-8-22(9-13-25)7-11-23-15-22)19-14-16-4-1-2-5-17(16)18-6-3-10-24-20(18)19/h1-6,10,14,23H,7-9,11-13,15H2. The van der Waals surface area contributed by atoms with Crippen molar-refractivity contribution in [1.82, 2.24) is 15.2 Å². The maximum atomic E-state index is 13.3. The topological polar surface area (TPSA) is 45.2 Å². The van der Waals surface area contributed by atoms with E-state index in [2.05, 4.69) is 28.5 Å². The van der Waals surface area contributed by atoms with Gasteiger partial charge >= 0.3 is 0 Å². The monoisotopic (exact) mass is 345 g/mol. The van der Waals surface area contributed by atoms with Gasteiger partial charge in [-0.1, -0.05) is 30.3 Å². The molecular weight excluding hydrogens is 322 g/mol. The summed E-state index contributed by atoms with van der Waals surface area (Å²) < 4.78 is 0. The van der Waals surface area contributed by atoms with Gasteiger partial charge in [0, 0.05) is 31.2 Å². The van der Waals surface area contributed by atoms with Crippen LogP contribution >= 0.6 is 0 Å². The number of aromatic nitrogens is 1. The van der Waals surface area contributed by atoms with Crippen LogP contribution in [0.2, 0.25) is 0 Å². The molecule has 0 radical (unpaired) electrons. The van der Waals surface area contributed by atoms with Gasteiger partial charge in [-0.05, 0) is 54.1 Å². The molecule has 26 heavy (non-hydrogen) atoms. The minimum Gasteiger partial charge on any atom is -0.339 e. The Morgan fingerprint density at radius 1 is 1.04 bits per heavy atom. The number of hydrogen-bond acceptors (Lipinski definition) is 3. The van der Waals surface area contributed by atoms with Crippen LogP contribution in [0.25, 0.3) is 21.7 Å². The van der Waals surface area contributed by atoms with Crippen LogP contribution in [0.1, 0.15) is 29.6 Å². The number of nitrogens with one attached hydrogen (secondary N) is 1. The predicted octanol–water partition coefficient (Wildman–Crippen LogP) is 3.60. The van der Waals surface area contributed by atoms with E-state index in [9.17, 15) is 4.79 Å². The van der Waals surface area contributed by atoms with Gasteiger partial charge in [0.05, 0.1) is 11.1 Å². The molecule has 1 aromatic heterocycles. The van der Waals surface area contributed by atoms with Crippen molar-refractivity contribution in [2.75, 3.05) is 26.2 Å². The fourth-order valence-corrected chi connectivity index (χ4v) is 4.67. The summed E-state index contributed by atoms with van der Waals surface area (Å²) in [5, 5.41) is 6.80. The molecule has 1 N–H and O–H groups in total. The van der Waals surface area contributed by atoms with Crippen molar-refractivity contribution < 1.29 is 4.79 Å². The lowest BCUT2D eigenvalue weighted by Gasteiger charge is -2.39. The number of piperidine rings is 1. The van der Waals surface area contributed by atoms with Crippen LogP contribution in [0.15, 0.2) is 48.7 Å². The molecule has 4 nitrogen and oxygen atoms in total. The van der Waals surface area contributed by atoms with Gasteiger partial charge < -0.3 is 10.2 Å². The van der Waals surface area contributed by atoms with Gasteiger partial charge in [-0.3, -0.25) is 9.78 Å². The molecule has 5 rings (SSSR count). The fraction of sp³-hybridized carbons (Fsp3) is 0.364. The summed E-state index contributed by atoms with van der Waals surface area (Å²) in [6.07, 6.45) is 5.23. The summed E-state index contributed by atoms with van der Waals surface area (Å²) in [7, 11) is 0. The predicted molar refractivity (Wildman–Crippen MR) is 104 cm³/mol. The third-order valence-electron chi connectivity index (χ3n) is 6.29. The van der Waals surface area contributed by atoms with Gasteiger partial charge in [-0.2, -0.15) is 0 Å². The average Bonchev–Trinajstić information content (AvgIpc) is 3.15. The van der Waals surface area contributed by atoms with Crippen LogP contribution < -0.4 is 5.32 Å². The second-order valence-corrected chi connectivity index (χ2v) is 7.76. The van der Waals surface area contributed by atoms with Crippen molar-refractivity contribution in [2.24, 2.45) is 5.41 Å². The van der Waals surface area contributed by atoms with Gasteiger partial charge in [-0.25, -0.2) is 0 Å². The number of nitrogens with zero attached hydrogens (tertiary/aromatic N) is 2. The average molecular weight is 345 g/mol. The van der Waals surface area contributed by atoms with Crippen LogP contribution in [0.4, 0.5) is 0 Å². The quantitative estimate of drug-likeness (QED) is 0.686. The lowest BCUT2D eigenvalue weighted by Crippen LogP contribution is -2.44. The summed E-state index contributed by atoms with van der Waals surface area (Å²) in [6, 6.07) is 14.3. The first-order valence-corrected chi connectivity index (χ1v) is 9.52. The van der Waals surface area contributed by atoms with Crippen LogP contribution in [-0.2, 0) is 0 Å². The van der Waals surface area contributed by atoms with Crippen molar-refractivity contribution in [2.45, 2.75) is 19.3 Å². The van der Waals surface area contributed by atoms with E-state index < -0.39 is 0 Å². The zero-order valence-electron chi connectivity index (χ0n) is 14.9. The highest BCUT2D eigenvalue weighted by Crippen LogP contribution is 2.37. The second kappa shape index (κ2) is 6.06. The van der Waals surface area contributed by atoms with Crippen LogP contribution in [0.5, 0.6) is 0 Å². The van der Waals surface area contributed by atoms with Gasteiger partial charge in [-0.15, -0.1) is 0 Å². The third-order valence-corrected chi connectivity index (χ3v) is 6.29. The lowest BCUT2D eigenvalue weighted by atomic mass is 9.77. The van der Waals surface area contributed by atoms with Gasteiger partial charge in [0.2, 0.25) is 0 Å². The second-order valence-electron chi connectivity index (χ2n) is 7.76. The Morgan fingerprint density at radius 2 is 1.85 bits per heavy atom. The smallest absolute Gasteiger partial charge is 0.256 e. The molecule has 1 amide bonds. The SMILES string of the molecule is O=C(c1cc2ccccc2c2cccnc12)N1CCC2(CCNC2)CC1. The Labute approximate surface area is 153 Å². The first-order valence-electron chi connectivity index (χ1n) is 9.52. The number of carbonyl (C=O) groups is 1. The van der Waals surface area contributed by atoms with Crippen LogP contribution in [-0.4, -0.2) is 42.0 Å².